The molecule has 2 aromatic rings. The maximum Gasteiger partial charge on any atom is 0.105 e. The third kappa shape index (κ3) is 2.72. The molecule has 0 aromatic carbocycles. The van der Waals surface area contributed by atoms with Gasteiger partial charge in [-0.05, 0) is 37.1 Å². The Labute approximate surface area is 101 Å². The van der Waals surface area contributed by atoms with Gasteiger partial charge in [-0.15, -0.1) is 0 Å². The second-order valence-corrected chi connectivity index (χ2v) is 4.22. The van der Waals surface area contributed by atoms with Gasteiger partial charge < -0.3 is 4.42 Å². The van der Waals surface area contributed by atoms with Crippen LogP contribution in [0.25, 0.3) is 0 Å². The summed E-state index contributed by atoms with van der Waals surface area (Å²) in [4.78, 5) is 4.45. The van der Waals surface area contributed by atoms with Crippen molar-refractivity contribution in [1.82, 2.24) is 10.4 Å². The predicted molar refractivity (Wildman–Crippen MR) is 66.2 cm³/mol. The number of hydrazine groups is 1. The van der Waals surface area contributed by atoms with Crippen LogP contribution in [0.2, 0.25) is 0 Å². The smallest absolute Gasteiger partial charge is 0.105 e. The van der Waals surface area contributed by atoms with Crippen molar-refractivity contribution < 1.29 is 4.42 Å². The van der Waals surface area contributed by atoms with Gasteiger partial charge in [0, 0.05) is 12.6 Å². The Morgan fingerprint density at radius 1 is 1.47 bits per heavy atom. The van der Waals surface area contributed by atoms with Crippen LogP contribution in [-0.2, 0) is 6.42 Å². The number of aromatic nitrogens is 1. The van der Waals surface area contributed by atoms with Gasteiger partial charge in [-0.3, -0.25) is 16.3 Å². The van der Waals surface area contributed by atoms with E-state index in [0.29, 0.717) is 6.42 Å². The van der Waals surface area contributed by atoms with E-state index in [1.807, 2.05) is 32.2 Å². The molecule has 0 saturated carbocycles. The summed E-state index contributed by atoms with van der Waals surface area (Å²) in [6, 6.07) is 5.89. The predicted octanol–water partition coefficient (Wildman–Crippen LogP) is 2.04. The van der Waals surface area contributed by atoms with Gasteiger partial charge in [-0.2, -0.15) is 0 Å². The van der Waals surface area contributed by atoms with E-state index in [-0.39, 0.29) is 6.04 Å². The van der Waals surface area contributed by atoms with Gasteiger partial charge in [0.2, 0.25) is 0 Å². The minimum absolute atomic E-state index is 0.0262. The van der Waals surface area contributed by atoms with E-state index >= 15 is 0 Å². The highest BCUT2D eigenvalue weighted by Gasteiger charge is 2.15. The first kappa shape index (κ1) is 11.8. The lowest BCUT2D eigenvalue weighted by Crippen LogP contribution is -2.30. The van der Waals surface area contributed by atoms with E-state index in [9.17, 15) is 0 Å². The highest BCUT2D eigenvalue weighted by molar-refractivity contribution is 5.26. The van der Waals surface area contributed by atoms with Gasteiger partial charge in [0.1, 0.15) is 5.76 Å². The minimum Gasteiger partial charge on any atom is -0.469 e. The van der Waals surface area contributed by atoms with Crippen molar-refractivity contribution in [3.05, 3.63) is 53.2 Å². The van der Waals surface area contributed by atoms with E-state index in [1.165, 1.54) is 0 Å². The fourth-order valence-corrected chi connectivity index (χ4v) is 1.96. The molecule has 0 spiro atoms. The van der Waals surface area contributed by atoms with E-state index < -0.39 is 0 Å². The fraction of sp³-hybridized carbons (Fsp3) is 0.308. The number of aryl methyl sites for hydroxylation is 2. The van der Waals surface area contributed by atoms with Crippen molar-refractivity contribution >= 4 is 0 Å². The number of nitrogens with zero attached hydrogens (tertiary/aromatic N) is 1. The molecule has 17 heavy (non-hydrogen) atoms. The normalized spacial score (nSPS) is 12.6. The first-order chi connectivity index (χ1) is 8.20. The number of rotatable bonds is 4. The molecule has 0 aliphatic carbocycles. The van der Waals surface area contributed by atoms with Crippen LogP contribution in [0.4, 0.5) is 0 Å². The van der Waals surface area contributed by atoms with Gasteiger partial charge in [0.15, 0.2) is 0 Å². The van der Waals surface area contributed by atoms with E-state index in [0.717, 1.165) is 22.6 Å². The summed E-state index contributed by atoms with van der Waals surface area (Å²) in [5.41, 5.74) is 6.05. The van der Waals surface area contributed by atoms with E-state index in [1.54, 1.807) is 6.26 Å². The van der Waals surface area contributed by atoms with Crippen LogP contribution in [-0.4, -0.2) is 4.98 Å². The summed E-state index contributed by atoms with van der Waals surface area (Å²) >= 11 is 0. The molecule has 0 amide bonds. The van der Waals surface area contributed by atoms with Crippen LogP contribution in [0.3, 0.4) is 0 Å². The molecule has 4 heteroatoms. The minimum atomic E-state index is -0.0262. The molecule has 1 unspecified atom stereocenters. The van der Waals surface area contributed by atoms with Crippen molar-refractivity contribution in [2.75, 3.05) is 0 Å². The molecular weight excluding hydrogens is 214 g/mol. The first-order valence-corrected chi connectivity index (χ1v) is 5.62. The second kappa shape index (κ2) is 5.12. The lowest BCUT2D eigenvalue weighted by Gasteiger charge is -2.16. The van der Waals surface area contributed by atoms with E-state index in [2.05, 4.69) is 16.5 Å². The molecule has 1 atom stereocenters. The quantitative estimate of drug-likeness (QED) is 0.624. The topological polar surface area (TPSA) is 64.1 Å². The summed E-state index contributed by atoms with van der Waals surface area (Å²) in [7, 11) is 0. The average molecular weight is 231 g/mol. The summed E-state index contributed by atoms with van der Waals surface area (Å²) in [6.07, 6.45) is 4.22. The second-order valence-electron chi connectivity index (χ2n) is 4.22. The number of hydrogen-bond acceptors (Lipinski definition) is 4. The Morgan fingerprint density at radius 3 is 2.88 bits per heavy atom. The van der Waals surface area contributed by atoms with Crippen LogP contribution >= 0.6 is 0 Å². The van der Waals surface area contributed by atoms with Crippen LogP contribution < -0.4 is 11.3 Å². The van der Waals surface area contributed by atoms with Crippen LogP contribution in [0, 0.1) is 13.8 Å². The summed E-state index contributed by atoms with van der Waals surface area (Å²) in [6.45, 7) is 4.07. The number of nitrogens with one attached hydrogen (secondary N) is 1. The van der Waals surface area contributed by atoms with Crippen molar-refractivity contribution in [1.29, 1.82) is 0 Å². The number of pyridine rings is 1. The molecule has 3 N–H and O–H groups in total. The molecule has 0 aliphatic rings. The van der Waals surface area contributed by atoms with Crippen molar-refractivity contribution in [2.45, 2.75) is 26.3 Å². The number of hydrogen-bond donors (Lipinski definition) is 2. The lowest BCUT2D eigenvalue weighted by molar-refractivity contribution is 0.448. The fourth-order valence-electron chi connectivity index (χ4n) is 1.96. The number of furan rings is 1. The molecular formula is C13H17N3O. The van der Waals surface area contributed by atoms with Gasteiger partial charge >= 0.3 is 0 Å². The summed E-state index contributed by atoms with van der Waals surface area (Å²) < 4.78 is 5.33. The average Bonchev–Trinajstić information content (AvgIpc) is 2.79. The van der Waals surface area contributed by atoms with Crippen molar-refractivity contribution in [3.8, 4) is 0 Å². The molecule has 2 rings (SSSR count). The standard InChI is InChI=1S/C13H17N3O/c1-9-6-10(2)13(15-8-9)12(16-14)7-11-4-3-5-17-11/h3-6,8,12,16H,7,14H2,1-2H3. The van der Waals surface area contributed by atoms with E-state index in [4.69, 9.17) is 10.3 Å². The Hall–Kier alpha value is -1.65. The Morgan fingerprint density at radius 2 is 2.29 bits per heavy atom. The van der Waals surface area contributed by atoms with Crippen molar-refractivity contribution in [2.24, 2.45) is 5.84 Å². The monoisotopic (exact) mass is 231 g/mol. The SMILES string of the molecule is Cc1cnc(C(Cc2ccco2)NN)c(C)c1. The Bertz CT molecular complexity index is 479. The van der Waals surface area contributed by atoms with Crippen molar-refractivity contribution in [3.63, 3.8) is 0 Å². The van der Waals surface area contributed by atoms with Crippen LogP contribution in [0.5, 0.6) is 0 Å². The van der Waals surface area contributed by atoms with Gasteiger partial charge in [-0.25, -0.2) is 0 Å². The zero-order chi connectivity index (χ0) is 12.3. The molecule has 0 aliphatic heterocycles. The molecule has 2 aromatic heterocycles. The summed E-state index contributed by atoms with van der Waals surface area (Å²) in [5.74, 6) is 6.49. The van der Waals surface area contributed by atoms with Crippen LogP contribution in [0.15, 0.2) is 35.1 Å². The van der Waals surface area contributed by atoms with Gasteiger partial charge in [0.25, 0.3) is 0 Å². The molecule has 4 nitrogen and oxygen atoms in total. The molecule has 90 valence electrons. The lowest BCUT2D eigenvalue weighted by atomic mass is 10.0. The molecule has 0 fully saturated rings. The zero-order valence-corrected chi connectivity index (χ0v) is 10.1. The molecule has 0 bridgehead atoms. The first-order valence-electron chi connectivity index (χ1n) is 5.62. The maximum absolute atomic E-state index is 5.60. The van der Waals surface area contributed by atoms with Gasteiger partial charge in [0.05, 0.1) is 18.0 Å². The van der Waals surface area contributed by atoms with Gasteiger partial charge in [-0.1, -0.05) is 6.07 Å². The third-order valence-corrected chi connectivity index (χ3v) is 2.77. The Balaban J connectivity index is 2.23. The molecule has 2 heterocycles. The Kier molecular flexibility index (Phi) is 3.56. The largest absolute Gasteiger partial charge is 0.469 e. The third-order valence-electron chi connectivity index (χ3n) is 2.77. The maximum atomic E-state index is 5.60. The number of nitrogens with two attached hydrogens (primary N) is 1. The molecule has 0 saturated heterocycles. The zero-order valence-electron chi connectivity index (χ0n) is 10.1. The molecule has 0 radical (unpaired) electrons. The van der Waals surface area contributed by atoms with Crippen LogP contribution in [0.1, 0.15) is 28.6 Å². The highest BCUT2D eigenvalue weighted by Crippen LogP contribution is 2.19. The highest BCUT2D eigenvalue weighted by atomic mass is 16.3. The summed E-state index contributed by atoms with van der Waals surface area (Å²) in [5, 5.41) is 0.